The number of methoxy groups -OCH3 is 3. The van der Waals surface area contributed by atoms with Crippen molar-refractivity contribution < 1.29 is 28.9 Å². The van der Waals surface area contributed by atoms with Gasteiger partial charge in [0.25, 0.3) is 0 Å². The Morgan fingerprint density at radius 2 is 1.68 bits per heavy atom. The van der Waals surface area contributed by atoms with Crippen LogP contribution in [0.5, 0.6) is 17.2 Å². The fourth-order valence-electron chi connectivity index (χ4n) is 4.92. The summed E-state index contributed by atoms with van der Waals surface area (Å²) in [6.07, 6.45) is 1.09. The molecule has 9 heteroatoms. The fraction of sp³-hybridized carbons (Fsp3) is 0.276. The van der Waals surface area contributed by atoms with Crippen LogP contribution in [0.25, 0.3) is 11.1 Å². The number of rotatable bonds is 8. The second-order valence-electron chi connectivity index (χ2n) is 8.92. The Kier molecular flexibility index (Phi) is 7.85. The lowest BCUT2D eigenvalue weighted by Gasteiger charge is -2.19. The van der Waals surface area contributed by atoms with Crippen molar-refractivity contribution in [3.8, 4) is 28.4 Å². The molecule has 38 heavy (non-hydrogen) atoms. The van der Waals surface area contributed by atoms with Gasteiger partial charge in [-0.1, -0.05) is 36.4 Å². The number of carbonyl (C=O) groups is 2. The molecule has 1 amide bonds. The molecule has 0 spiro atoms. The molecule has 0 heterocycles. The number of nitrogens with one attached hydrogen (secondary N) is 2. The first-order valence-electron chi connectivity index (χ1n) is 12.1. The number of fused-ring (bicyclic) bond motifs is 3. The van der Waals surface area contributed by atoms with Crippen LogP contribution in [0, 0.1) is 0 Å². The van der Waals surface area contributed by atoms with Crippen molar-refractivity contribution >= 4 is 17.6 Å². The van der Waals surface area contributed by atoms with Crippen LogP contribution in [-0.4, -0.2) is 38.3 Å². The second kappa shape index (κ2) is 11.2. The van der Waals surface area contributed by atoms with Crippen LogP contribution in [0.4, 0.5) is 5.69 Å². The zero-order valence-electron chi connectivity index (χ0n) is 21.7. The van der Waals surface area contributed by atoms with Gasteiger partial charge in [-0.25, -0.2) is 4.79 Å². The summed E-state index contributed by atoms with van der Waals surface area (Å²) in [5.74, 6) is -0.0146. The van der Waals surface area contributed by atoms with E-state index in [2.05, 4.69) is 10.6 Å². The molecule has 0 saturated carbocycles. The molecule has 9 nitrogen and oxygen atoms in total. The average Bonchev–Trinajstić information content (AvgIpc) is 3.14. The predicted octanol–water partition coefficient (Wildman–Crippen LogP) is 4.10. The highest BCUT2D eigenvalue weighted by atomic mass is 16.5. The summed E-state index contributed by atoms with van der Waals surface area (Å²) in [6.45, 7) is 1.43. The Balaban J connectivity index is 1.96. The highest BCUT2D eigenvalue weighted by Gasteiger charge is 2.30. The number of aliphatic carboxylic acids is 1. The summed E-state index contributed by atoms with van der Waals surface area (Å²) in [6, 6.07) is 13.7. The van der Waals surface area contributed by atoms with E-state index in [9.17, 15) is 19.5 Å². The maximum atomic E-state index is 13.5. The lowest BCUT2D eigenvalue weighted by molar-refractivity contribution is -0.138. The zero-order valence-corrected chi connectivity index (χ0v) is 21.7. The standard InChI is InChI=1S/C29H30N2O7/c1-16(32)30-21-12-10-18-14-24(36-2)27(37-3)28(38-4)25(18)19-11-13-22(23(33)15-20(19)21)31-26(29(34)35)17-8-6-5-7-9-17/h5-9,11,13-15,21,26H,10,12H2,1-4H3,(H,30,32)(H,31,33)(H,34,35)/t21-,26-/m0/s1. The highest BCUT2D eigenvalue weighted by Crippen LogP contribution is 2.50. The molecule has 4 rings (SSSR count). The predicted molar refractivity (Wildman–Crippen MR) is 143 cm³/mol. The molecule has 198 valence electrons. The van der Waals surface area contributed by atoms with Crippen molar-refractivity contribution in [2.45, 2.75) is 31.8 Å². The normalized spacial score (nSPS) is 14.7. The third-order valence-electron chi connectivity index (χ3n) is 6.60. The molecule has 0 bridgehead atoms. The molecular weight excluding hydrogens is 488 g/mol. The van der Waals surface area contributed by atoms with E-state index in [0.29, 0.717) is 52.3 Å². The molecule has 2 atom stereocenters. The van der Waals surface area contributed by atoms with Gasteiger partial charge in [0, 0.05) is 12.5 Å². The summed E-state index contributed by atoms with van der Waals surface area (Å²) < 4.78 is 16.9. The smallest absolute Gasteiger partial charge is 0.330 e. The summed E-state index contributed by atoms with van der Waals surface area (Å²) in [5.41, 5.74) is 3.07. The third-order valence-corrected chi connectivity index (χ3v) is 6.60. The van der Waals surface area contributed by atoms with E-state index in [1.807, 2.05) is 6.07 Å². The molecule has 0 saturated heterocycles. The molecule has 0 aliphatic heterocycles. The molecule has 0 radical (unpaired) electrons. The second-order valence-corrected chi connectivity index (χ2v) is 8.92. The van der Waals surface area contributed by atoms with Gasteiger partial charge in [0.1, 0.15) is 0 Å². The van der Waals surface area contributed by atoms with Crippen LogP contribution in [0.2, 0.25) is 0 Å². The van der Waals surface area contributed by atoms with Gasteiger partial charge in [0.15, 0.2) is 17.5 Å². The molecule has 0 fully saturated rings. The zero-order chi connectivity index (χ0) is 27.4. The Hall–Kier alpha value is -4.53. The van der Waals surface area contributed by atoms with Crippen molar-refractivity contribution in [1.82, 2.24) is 5.32 Å². The topological polar surface area (TPSA) is 123 Å². The SMILES string of the molecule is COc1cc2c(c(OC)c1OC)-c1ccc(N[C@H](C(=O)O)c3ccccc3)c(=O)cc1[C@@H](NC(C)=O)CC2. The maximum absolute atomic E-state index is 13.5. The van der Waals surface area contributed by atoms with Crippen molar-refractivity contribution in [2.75, 3.05) is 26.6 Å². The number of carboxylic acid groups (broad SMARTS) is 1. The number of amides is 1. The highest BCUT2D eigenvalue weighted by molar-refractivity contribution is 5.84. The number of aryl methyl sites for hydroxylation is 1. The van der Waals surface area contributed by atoms with E-state index >= 15 is 0 Å². The summed E-state index contributed by atoms with van der Waals surface area (Å²) >= 11 is 0. The van der Waals surface area contributed by atoms with Crippen LogP contribution in [0.15, 0.2) is 59.4 Å². The quantitative estimate of drug-likeness (QED) is 0.407. The number of carboxylic acids is 1. The van der Waals surface area contributed by atoms with Gasteiger partial charge in [-0.05, 0) is 53.3 Å². The monoisotopic (exact) mass is 518 g/mol. The van der Waals surface area contributed by atoms with Crippen molar-refractivity contribution in [1.29, 1.82) is 0 Å². The van der Waals surface area contributed by atoms with E-state index in [0.717, 1.165) is 5.56 Å². The van der Waals surface area contributed by atoms with Gasteiger partial charge in [-0.3, -0.25) is 9.59 Å². The van der Waals surface area contributed by atoms with Gasteiger partial charge < -0.3 is 30.0 Å². The van der Waals surface area contributed by atoms with Crippen molar-refractivity contribution in [2.24, 2.45) is 0 Å². The molecule has 3 aromatic rings. The Morgan fingerprint density at radius 3 is 2.29 bits per heavy atom. The number of carbonyl (C=O) groups excluding carboxylic acids is 1. The third kappa shape index (κ3) is 5.13. The Morgan fingerprint density at radius 1 is 0.974 bits per heavy atom. The average molecular weight is 519 g/mol. The molecule has 3 aromatic carbocycles. The molecule has 1 aliphatic carbocycles. The largest absolute Gasteiger partial charge is 0.493 e. The minimum Gasteiger partial charge on any atom is -0.493 e. The summed E-state index contributed by atoms with van der Waals surface area (Å²) in [4.78, 5) is 37.7. The van der Waals surface area contributed by atoms with Gasteiger partial charge in [0.05, 0.1) is 33.1 Å². The first-order valence-corrected chi connectivity index (χ1v) is 12.1. The number of anilines is 1. The summed E-state index contributed by atoms with van der Waals surface area (Å²) in [7, 11) is 4.59. The van der Waals surface area contributed by atoms with Crippen molar-refractivity contribution in [3.63, 3.8) is 0 Å². The van der Waals surface area contributed by atoms with E-state index < -0.39 is 23.5 Å². The van der Waals surface area contributed by atoms with Gasteiger partial charge in [-0.15, -0.1) is 0 Å². The fourth-order valence-corrected chi connectivity index (χ4v) is 4.92. The minimum atomic E-state index is -1.14. The molecule has 3 N–H and O–H groups in total. The van der Waals surface area contributed by atoms with Crippen LogP contribution in [-0.2, 0) is 16.0 Å². The van der Waals surface area contributed by atoms with Crippen LogP contribution in [0.1, 0.15) is 42.1 Å². The minimum absolute atomic E-state index is 0.108. The lowest BCUT2D eigenvalue weighted by atomic mass is 9.95. The lowest BCUT2D eigenvalue weighted by Crippen LogP contribution is -2.27. The Bertz CT molecular complexity index is 1420. The first-order chi connectivity index (χ1) is 18.3. The van der Waals surface area contributed by atoms with Gasteiger partial charge >= 0.3 is 5.97 Å². The number of hydrogen-bond donors (Lipinski definition) is 3. The van der Waals surface area contributed by atoms with E-state index in [1.165, 1.54) is 27.2 Å². The van der Waals surface area contributed by atoms with Crippen molar-refractivity contribution in [3.05, 3.63) is 81.5 Å². The molecular formula is C29H30N2O7. The van der Waals surface area contributed by atoms with E-state index in [-0.39, 0.29) is 11.6 Å². The maximum Gasteiger partial charge on any atom is 0.330 e. The van der Waals surface area contributed by atoms with Crippen LogP contribution in [0.3, 0.4) is 0 Å². The molecule has 1 aliphatic rings. The first kappa shape index (κ1) is 26.5. The van der Waals surface area contributed by atoms with E-state index in [4.69, 9.17) is 14.2 Å². The van der Waals surface area contributed by atoms with Gasteiger partial charge in [-0.2, -0.15) is 0 Å². The number of hydrogen-bond acceptors (Lipinski definition) is 7. The van der Waals surface area contributed by atoms with E-state index in [1.54, 1.807) is 49.6 Å². The summed E-state index contributed by atoms with van der Waals surface area (Å²) in [5, 5.41) is 15.7. The number of benzene rings is 2. The molecule has 0 unspecified atom stereocenters. The van der Waals surface area contributed by atoms with Gasteiger partial charge in [0.2, 0.25) is 17.1 Å². The van der Waals surface area contributed by atoms with Crippen LogP contribution < -0.4 is 30.3 Å². The number of ether oxygens (including phenoxy) is 3. The van der Waals surface area contributed by atoms with Crippen LogP contribution >= 0.6 is 0 Å². The molecule has 0 aromatic heterocycles. The Labute approximate surface area is 220 Å².